The van der Waals surface area contributed by atoms with Gasteiger partial charge in [0, 0.05) is 38.4 Å². The molecular weight excluding hydrogens is 629 g/mol. The van der Waals surface area contributed by atoms with Gasteiger partial charge in [0.05, 0.1) is 22.4 Å². The Morgan fingerprint density at radius 3 is 1.75 bits per heavy atom. The van der Waals surface area contributed by atoms with Gasteiger partial charge < -0.3 is 9.47 Å². The van der Waals surface area contributed by atoms with Crippen LogP contribution in [0.15, 0.2) is 158 Å². The molecule has 0 aliphatic carbocycles. The third-order valence-electron chi connectivity index (χ3n) is 12.3. The van der Waals surface area contributed by atoms with Crippen LogP contribution in [0.2, 0.25) is 0 Å². The van der Waals surface area contributed by atoms with E-state index in [-0.39, 0.29) is 10.8 Å². The van der Waals surface area contributed by atoms with E-state index in [0.717, 1.165) is 5.69 Å². The number of para-hydroxylation sites is 2. The summed E-state index contributed by atoms with van der Waals surface area (Å²) in [6.45, 7) is 9.64. The number of aromatic nitrogens is 1. The van der Waals surface area contributed by atoms with Gasteiger partial charge in [0.25, 0.3) is 0 Å². The highest BCUT2D eigenvalue weighted by Crippen LogP contribution is 2.56. The van der Waals surface area contributed by atoms with Crippen LogP contribution in [0.1, 0.15) is 49.9 Å². The molecule has 2 heteroatoms. The monoisotopic (exact) mass is 666 g/mol. The van der Waals surface area contributed by atoms with E-state index in [1.54, 1.807) is 0 Å². The van der Waals surface area contributed by atoms with Crippen molar-refractivity contribution in [2.24, 2.45) is 0 Å². The summed E-state index contributed by atoms with van der Waals surface area (Å²) in [5, 5.41) is 7.63. The summed E-state index contributed by atoms with van der Waals surface area (Å²) in [6.07, 6.45) is 0. The standard InChI is InChI=1S/C50H38N2/c1-49(2)41-21-11-20-39-40-29-35(30-44-47(40)52(46(39)41)48-42(49)22-12-23-43(48)50(44,3)4)51(45-24-10-16-32-14-6-8-18-38(32)45)34-27-25-33(26-28-34)37-19-9-15-31-13-5-7-17-36(31)37/h5-30H,1-4H3. The van der Waals surface area contributed by atoms with Gasteiger partial charge in [-0.05, 0) is 79.9 Å². The van der Waals surface area contributed by atoms with Crippen molar-refractivity contribution < 1.29 is 0 Å². The first kappa shape index (κ1) is 29.6. The predicted molar refractivity (Wildman–Crippen MR) is 220 cm³/mol. The van der Waals surface area contributed by atoms with E-state index in [1.165, 1.54) is 93.8 Å². The molecule has 2 aliphatic heterocycles. The number of hydrogen-bond donors (Lipinski definition) is 0. The third kappa shape index (κ3) is 3.79. The molecule has 11 rings (SSSR count). The Hall–Kier alpha value is -6.12. The molecular formula is C50H38N2. The predicted octanol–water partition coefficient (Wildman–Crippen LogP) is 13.5. The van der Waals surface area contributed by atoms with Crippen molar-refractivity contribution in [3.63, 3.8) is 0 Å². The van der Waals surface area contributed by atoms with Gasteiger partial charge >= 0.3 is 0 Å². The van der Waals surface area contributed by atoms with E-state index in [1.807, 2.05) is 0 Å². The fraction of sp³-hybridized carbons (Fsp3) is 0.120. The van der Waals surface area contributed by atoms with Crippen molar-refractivity contribution in [2.45, 2.75) is 38.5 Å². The number of benzene rings is 8. The molecule has 248 valence electrons. The molecule has 52 heavy (non-hydrogen) atoms. The van der Waals surface area contributed by atoms with E-state index in [9.17, 15) is 0 Å². The maximum Gasteiger partial charge on any atom is 0.0583 e. The first-order valence-electron chi connectivity index (χ1n) is 18.4. The second kappa shape index (κ2) is 10.2. The van der Waals surface area contributed by atoms with E-state index >= 15 is 0 Å². The van der Waals surface area contributed by atoms with E-state index in [2.05, 4.69) is 195 Å². The molecule has 8 aromatic carbocycles. The van der Waals surface area contributed by atoms with Gasteiger partial charge in [-0.25, -0.2) is 0 Å². The van der Waals surface area contributed by atoms with Gasteiger partial charge in [-0.3, -0.25) is 0 Å². The molecule has 0 saturated carbocycles. The molecule has 0 bridgehead atoms. The lowest BCUT2D eigenvalue weighted by atomic mass is 9.68. The van der Waals surface area contributed by atoms with Crippen LogP contribution in [0.4, 0.5) is 17.1 Å². The quantitative estimate of drug-likeness (QED) is 0.181. The molecule has 1 aromatic heterocycles. The van der Waals surface area contributed by atoms with Crippen molar-refractivity contribution in [1.82, 2.24) is 4.57 Å². The Balaban J connectivity index is 1.21. The first-order valence-corrected chi connectivity index (χ1v) is 18.4. The lowest BCUT2D eigenvalue weighted by molar-refractivity contribution is 0.593. The molecule has 2 nitrogen and oxygen atoms in total. The number of anilines is 3. The number of nitrogens with zero attached hydrogens (tertiary/aromatic N) is 2. The maximum atomic E-state index is 2.61. The van der Waals surface area contributed by atoms with Crippen LogP contribution >= 0.6 is 0 Å². The average Bonchev–Trinajstić information content (AvgIpc) is 3.51. The number of hydrogen-bond acceptors (Lipinski definition) is 1. The van der Waals surface area contributed by atoms with Crippen LogP contribution in [0.25, 0.3) is 60.2 Å². The molecule has 0 radical (unpaired) electrons. The van der Waals surface area contributed by atoms with E-state index in [0.29, 0.717) is 0 Å². The van der Waals surface area contributed by atoms with Crippen molar-refractivity contribution in [1.29, 1.82) is 0 Å². The van der Waals surface area contributed by atoms with Crippen LogP contribution in [0, 0.1) is 0 Å². The molecule has 0 atom stereocenters. The minimum atomic E-state index is -0.208. The summed E-state index contributed by atoms with van der Waals surface area (Å²) < 4.78 is 2.61. The van der Waals surface area contributed by atoms with Crippen molar-refractivity contribution >= 4 is 60.4 Å². The summed E-state index contributed by atoms with van der Waals surface area (Å²) in [7, 11) is 0. The Bertz CT molecular complexity index is 2950. The van der Waals surface area contributed by atoms with Gasteiger partial charge in [-0.2, -0.15) is 0 Å². The van der Waals surface area contributed by atoms with Gasteiger partial charge in [0.15, 0.2) is 0 Å². The maximum absolute atomic E-state index is 2.61. The van der Waals surface area contributed by atoms with E-state index in [4.69, 9.17) is 0 Å². The minimum Gasteiger partial charge on any atom is -0.310 e. The molecule has 0 spiro atoms. The highest BCUT2D eigenvalue weighted by Gasteiger charge is 2.43. The van der Waals surface area contributed by atoms with Crippen LogP contribution in [0.5, 0.6) is 0 Å². The summed E-state index contributed by atoms with van der Waals surface area (Å²) in [6, 6.07) is 58.8. The Morgan fingerprint density at radius 1 is 0.423 bits per heavy atom. The average molecular weight is 667 g/mol. The van der Waals surface area contributed by atoms with Gasteiger partial charge in [0.1, 0.15) is 0 Å². The summed E-state index contributed by atoms with van der Waals surface area (Å²) in [5.74, 6) is 0. The van der Waals surface area contributed by atoms with Crippen LogP contribution < -0.4 is 4.90 Å². The van der Waals surface area contributed by atoms with Crippen LogP contribution in [-0.4, -0.2) is 4.57 Å². The minimum absolute atomic E-state index is 0.105. The van der Waals surface area contributed by atoms with Gasteiger partial charge in [-0.15, -0.1) is 0 Å². The number of rotatable bonds is 4. The molecule has 9 aromatic rings. The molecule has 2 aliphatic rings. The summed E-state index contributed by atoms with van der Waals surface area (Å²) in [5.41, 5.74) is 15.3. The zero-order valence-electron chi connectivity index (χ0n) is 29.9. The molecule has 0 fully saturated rings. The highest BCUT2D eigenvalue weighted by atomic mass is 15.1. The topological polar surface area (TPSA) is 8.17 Å². The molecule has 0 saturated heterocycles. The summed E-state index contributed by atoms with van der Waals surface area (Å²) in [4.78, 5) is 2.49. The first-order chi connectivity index (χ1) is 25.3. The van der Waals surface area contributed by atoms with Crippen LogP contribution in [0.3, 0.4) is 0 Å². The lowest BCUT2D eigenvalue weighted by Gasteiger charge is -2.42. The molecule has 0 N–H and O–H groups in total. The third-order valence-corrected chi connectivity index (χ3v) is 12.3. The second-order valence-corrected chi connectivity index (χ2v) is 15.8. The van der Waals surface area contributed by atoms with Crippen molar-refractivity contribution in [2.75, 3.05) is 4.90 Å². The zero-order valence-corrected chi connectivity index (χ0v) is 29.9. The number of fused-ring (bicyclic) bond motifs is 3. The SMILES string of the molecule is CC1(C)c2cccc3c2-n2c4c1cccc4c1cc(N(c4ccc(-c5cccc6ccccc56)cc4)c4cccc5ccccc45)cc(c12)C3(C)C. The smallest absolute Gasteiger partial charge is 0.0583 e. The summed E-state index contributed by atoms with van der Waals surface area (Å²) >= 11 is 0. The Labute approximate surface area is 304 Å². The highest BCUT2D eigenvalue weighted by molar-refractivity contribution is 6.15. The Morgan fingerprint density at radius 2 is 0.981 bits per heavy atom. The molecule has 0 amide bonds. The second-order valence-electron chi connectivity index (χ2n) is 15.8. The van der Waals surface area contributed by atoms with Crippen molar-refractivity contribution in [3.05, 3.63) is 180 Å². The molecule has 3 heterocycles. The normalized spacial score (nSPS) is 14.8. The fourth-order valence-corrected chi connectivity index (χ4v) is 9.69. The lowest BCUT2D eigenvalue weighted by Crippen LogP contribution is -2.33. The van der Waals surface area contributed by atoms with E-state index < -0.39 is 0 Å². The largest absolute Gasteiger partial charge is 0.310 e. The fourth-order valence-electron chi connectivity index (χ4n) is 9.69. The van der Waals surface area contributed by atoms with Gasteiger partial charge in [-0.1, -0.05) is 155 Å². The Kier molecular flexibility index (Phi) is 5.83. The van der Waals surface area contributed by atoms with Gasteiger partial charge in [0.2, 0.25) is 0 Å². The van der Waals surface area contributed by atoms with Crippen LogP contribution in [-0.2, 0) is 10.8 Å². The zero-order chi connectivity index (χ0) is 34.9. The molecule has 0 unspecified atom stereocenters. The van der Waals surface area contributed by atoms with Crippen molar-refractivity contribution in [3.8, 4) is 16.8 Å².